The van der Waals surface area contributed by atoms with Crippen LogP contribution in [0.5, 0.6) is 0 Å². The van der Waals surface area contributed by atoms with Gasteiger partial charge in [-0.2, -0.15) is 0 Å². The average molecular weight is 347 g/mol. The normalized spacial score (nSPS) is 10.5. The summed E-state index contributed by atoms with van der Waals surface area (Å²) in [4.78, 5) is 24.0. The zero-order valence-corrected chi connectivity index (χ0v) is 14.3. The summed E-state index contributed by atoms with van der Waals surface area (Å²) in [6.07, 6.45) is 0. The number of rotatable bonds is 5. The summed E-state index contributed by atoms with van der Waals surface area (Å²) in [5, 5.41) is 3.12. The minimum Gasteiger partial charge on any atom is -0.452 e. The second-order valence-electron chi connectivity index (χ2n) is 5.60. The molecule has 1 amide bonds. The van der Waals surface area contributed by atoms with Gasteiger partial charge in [0.05, 0.1) is 5.56 Å². The molecule has 0 atom stereocenters. The second kappa shape index (κ2) is 7.84. The van der Waals surface area contributed by atoms with Gasteiger partial charge in [0.1, 0.15) is 0 Å². The van der Waals surface area contributed by atoms with E-state index in [9.17, 15) is 9.59 Å². The number of nitrogen functional groups attached to an aromatic ring is 1. The topological polar surface area (TPSA) is 81.4 Å². The zero-order chi connectivity index (χ0) is 17.7. The molecule has 0 saturated carbocycles. The van der Waals surface area contributed by atoms with E-state index in [-0.39, 0.29) is 17.2 Å². The number of ether oxygens (including phenoxy) is 1. The summed E-state index contributed by atoms with van der Waals surface area (Å²) in [6, 6.07) is 12.0. The minimum atomic E-state index is -0.692. The first-order valence-corrected chi connectivity index (χ1v) is 7.87. The second-order valence-corrected chi connectivity index (χ2v) is 6.03. The molecule has 2 aromatic rings. The van der Waals surface area contributed by atoms with Crippen molar-refractivity contribution in [3.63, 3.8) is 0 Å². The highest BCUT2D eigenvalue weighted by Gasteiger charge is 2.15. The van der Waals surface area contributed by atoms with Gasteiger partial charge in [-0.15, -0.1) is 0 Å². The standard InChI is InChI=1S/C18H19ClN2O3/c1-11(2)13-5-3-4-6-16(13)21-17(22)10-24-18(23)14-9-12(19)7-8-15(14)20/h3-9,11H,10,20H2,1-2H3,(H,21,22). The molecule has 0 spiro atoms. The molecule has 5 nitrogen and oxygen atoms in total. The van der Waals surface area contributed by atoms with Crippen LogP contribution in [-0.4, -0.2) is 18.5 Å². The number of carbonyl (C=O) groups is 2. The maximum Gasteiger partial charge on any atom is 0.340 e. The third kappa shape index (κ3) is 4.49. The number of para-hydroxylation sites is 1. The minimum absolute atomic E-state index is 0.137. The highest BCUT2D eigenvalue weighted by Crippen LogP contribution is 2.23. The number of hydrogen-bond acceptors (Lipinski definition) is 4. The maximum atomic E-state index is 12.0. The van der Waals surface area contributed by atoms with E-state index in [0.29, 0.717) is 10.7 Å². The lowest BCUT2D eigenvalue weighted by molar-refractivity contribution is -0.119. The van der Waals surface area contributed by atoms with Gasteiger partial charge in [-0.3, -0.25) is 4.79 Å². The zero-order valence-electron chi connectivity index (χ0n) is 13.5. The van der Waals surface area contributed by atoms with Gasteiger partial charge in [-0.1, -0.05) is 43.6 Å². The molecular formula is C18H19ClN2O3. The monoisotopic (exact) mass is 346 g/mol. The van der Waals surface area contributed by atoms with Gasteiger partial charge in [-0.25, -0.2) is 4.79 Å². The van der Waals surface area contributed by atoms with Crippen LogP contribution in [0.3, 0.4) is 0 Å². The quantitative estimate of drug-likeness (QED) is 0.636. The van der Waals surface area contributed by atoms with Crippen LogP contribution in [0.15, 0.2) is 42.5 Å². The molecule has 3 N–H and O–H groups in total. The van der Waals surface area contributed by atoms with Gasteiger partial charge >= 0.3 is 5.97 Å². The summed E-state index contributed by atoms with van der Waals surface area (Å²) >= 11 is 5.84. The molecule has 0 aliphatic carbocycles. The van der Waals surface area contributed by atoms with Crippen molar-refractivity contribution in [1.82, 2.24) is 0 Å². The van der Waals surface area contributed by atoms with Crippen molar-refractivity contribution in [2.24, 2.45) is 0 Å². The van der Waals surface area contributed by atoms with Crippen molar-refractivity contribution in [1.29, 1.82) is 0 Å². The molecule has 0 aromatic heterocycles. The van der Waals surface area contributed by atoms with Gasteiger partial charge in [0.2, 0.25) is 0 Å². The van der Waals surface area contributed by atoms with Crippen LogP contribution in [0.1, 0.15) is 35.7 Å². The van der Waals surface area contributed by atoms with Crippen molar-refractivity contribution in [3.8, 4) is 0 Å². The van der Waals surface area contributed by atoms with E-state index in [1.54, 1.807) is 6.07 Å². The molecule has 0 heterocycles. The molecule has 0 unspecified atom stereocenters. The van der Waals surface area contributed by atoms with Crippen LogP contribution in [0.2, 0.25) is 5.02 Å². The number of nitrogens with one attached hydrogen (secondary N) is 1. The number of hydrogen-bond donors (Lipinski definition) is 2. The van der Waals surface area contributed by atoms with E-state index in [0.717, 1.165) is 5.56 Å². The fraction of sp³-hybridized carbons (Fsp3) is 0.222. The smallest absolute Gasteiger partial charge is 0.340 e. The molecule has 0 saturated heterocycles. The average Bonchev–Trinajstić information content (AvgIpc) is 2.55. The molecule has 6 heteroatoms. The molecule has 0 radical (unpaired) electrons. The summed E-state index contributed by atoms with van der Waals surface area (Å²) in [7, 11) is 0. The van der Waals surface area contributed by atoms with E-state index >= 15 is 0 Å². The lowest BCUT2D eigenvalue weighted by Crippen LogP contribution is -2.22. The van der Waals surface area contributed by atoms with Gasteiger partial charge in [0.15, 0.2) is 6.61 Å². The van der Waals surface area contributed by atoms with Crippen molar-refractivity contribution >= 4 is 34.9 Å². The van der Waals surface area contributed by atoms with Crippen molar-refractivity contribution in [2.75, 3.05) is 17.7 Å². The van der Waals surface area contributed by atoms with Gasteiger partial charge in [0, 0.05) is 16.4 Å². The highest BCUT2D eigenvalue weighted by atomic mass is 35.5. The largest absolute Gasteiger partial charge is 0.452 e. The van der Waals surface area contributed by atoms with E-state index in [2.05, 4.69) is 5.32 Å². The van der Waals surface area contributed by atoms with Crippen LogP contribution < -0.4 is 11.1 Å². The first-order valence-electron chi connectivity index (χ1n) is 7.49. The first-order chi connectivity index (χ1) is 11.4. The molecular weight excluding hydrogens is 328 g/mol. The Balaban J connectivity index is 1.99. The molecule has 24 heavy (non-hydrogen) atoms. The van der Waals surface area contributed by atoms with Crippen LogP contribution >= 0.6 is 11.6 Å². The number of anilines is 2. The number of amides is 1. The molecule has 2 rings (SSSR count). The molecule has 0 aliphatic rings. The maximum absolute atomic E-state index is 12.0. The van der Waals surface area contributed by atoms with Crippen LogP contribution in [0, 0.1) is 0 Å². The van der Waals surface area contributed by atoms with Gasteiger partial charge < -0.3 is 15.8 Å². The van der Waals surface area contributed by atoms with Crippen LogP contribution in [-0.2, 0) is 9.53 Å². The van der Waals surface area contributed by atoms with E-state index in [4.69, 9.17) is 22.1 Å². The Morgan fingerprint density at radius 1 is 1.21 bits per heavy atom. The number of esters is 1. The van der Waals surface area contributed by atoms with Crippen molar-refractivity contribution < 1.29 is 14.3 Å². The number of halogens is 1. The summed E-state index contributed by atoms with van der Waals surface area (Å²) in [5.74, 6) is -0.852. The van der Waals surface area contributed by atoms with Gasteiger partial charge in [0.25, 0.3) is 5.91 Å². The summed E-state index contributed by atoms with van der Waals surface area (Å²) in [5.41, 5.74) is 7.81. The molecule has 0 fully saturated rings. The fourth-order valence-corrected chi connectivity index (χ4v) is 2.39. The van der Waals surface area contributed by atoms with Gasteiger partial charge in [-0.05, 0) is 35.7 Å². The lowest BCUT2D eigenvalue weighted by Gasteiger charge is -2.13. The van der Waals surface area contributed by atoms with Crippen molar-refractivity contribution in [3.05, 3.63) is 58.6 Å². The molecule has 0 aliphatic heterocycles. The third-order valence-corrected chi connectivity index (χ3v) is 3.66. The Kier molecular flexibility index (Phi) is 5.82. The highest BCUT2D eigenvalue weighted by molar-refractivity contribution is 6.31. The SMILES string of the molecule is CC(C)c1ccccc1NC(=O)COC(=O)c1cc(Cl)ccc1N. The Bertz CT molecular complexity index is 760. The molecule has 126 valence electrons. The van der Waals surface area contributed by atoms with Crippen molar-refractivity contribution in [2.45, 2.75) is 19.8 Å². The fourth-order valence-electron chi connectivity index (χ4n) is 2.21. The molecule has 2 aromatic carbocycles. The summed E-state index contributed by atoms with van der Waals surface area (Å²) in [6.45, 7) is 3.66. The number of nitrogens with two attached hydrogens (primary N) is 1. The Morgan fingerprint density at radius 3 is 2.62 bits per heavy atom. The Labute approximate surface area is 145 Å². The predicted molar refractivity (Wildman–Crippen MR) is 95.3 cm³/mol. The molecule has 0 bridgehead atoms. The van der Waals surface area contributed by atoms with Crippen LogP contribution in [0.25, 0.3) is 0 Å². The Hall–Kier alpha value is -2.53. The first kappa shape index (κ1) is 17.8. The Morgan fingerprint density at radius 2 is 1.92 bits per heavy atom. The predicted octanol–water partition coefficient (Wildman–Crippen LogP) is 3.84. The summed E-state index contributed by atoms with van der Waals surface area (Å²) < 4.78 is 5.01. The third-order valence-electron chi connectivity index (χ3n) is 3.43. The lowest BCUT2D eigenvalue weighted by atomic mass is 10.0. The number of benzene rings is 2. The van der Waals surface area contributed by atoms with Crippen LogP contribution in [0.4, 0.5) is 11.4 Å². The van der Waals surface area contributed by atoms with E-state index in [1.165, 1.54) is 12.1 Å². The van der Waals surface area contributed by atoms with E-state index in [1.807, 2.05) is 38.1 Å². The number of carbonyl (C=O) groups excluding carboxylic acids is 2. The van der Waals surface area contributed by atoms with E-state index < -0.39 is 18.5 Å².